The zero-order chi connectivity index (χ0) is 17.4. The Morgan fingerprint density at radius 3 is 2.57 bits per heavy atom. The molecule has 2 atom stereocenters. The molecular weight excluding hydrogens is 306 g/mol. The number of alkyl halides is 2. The standard InChI is InChI=1S/C16H26F2N2O3/c1-11-6-5-7-13(21)20(11)12-8-16(17,18)10-19(9-12)14(22)23-15(2,3)4/h11-12H,5-10H2,1-4H3/t11?,12-/m1/s1. The first-order valence-electron chi connectivity index (χ1n) is 8.15. The molecule has 7 heteroatoms. The highest BCUT2D eigenvalue weighted by atomic mass is 19.3. The van der Waals surface area contributed by atoms with Gasteiger partial charge >= 0.3 is 6.09 Å². The zero-order valence-electron chi connectivity index (χ0n) is 14.3. The highest BCUT2D eigenvalue weighted by Gasteiger charge is 2.47. The van der Waals surface area contributed by atoms with Crippen molar-refractivity contribution >= 4 is 12.0 Å². The van der Waals surface area contributed by atoms with Crippen LogP contribution in [0.25, 0.3) is 0 Å². The molecule has 0 saturated carbocycles. The van der Waals surface area contributed by atoms with Crippen molar-refractivity contribution in [3.05, 3.63) is 0 Å². The highest BCUT2D eigenvalue weighted by Crippen LogP contribution is 2.33. The largest absolute Gasteiger partial charge is 0.444 e. The van der Waals surface area contributed by atoms with E-state index in [4.69, 9.17) is 4.74 Å². The van der Waals surface area contributed by atoms with Gasteiger partial charge < -0.3 is 14.5 Å². The summed E-state index contributed by atoms with van der Waals surface area (Å²) in [4.78, 5) is 26.9. The van der Waals surface area contributed by atoms with Gasteiger partial charge in [0.1, 0.15) is 5.60 Å². The third-order valence-electron chi connectivity index (χ3n) is 4.21. The predicted molar refractivity (Wildman–Crippen MR) is 81.3 cm³/mol. The minimum Gasteiger partial charge on any atom is -0.444 e. The lowest BCUT2D eigenvalue weighted by Crippen LogP contribution is -2.60. The molecule has 0 aromatic rings. The number of amides is 2. The fourth-order valence-corrected chi connectivity index (χ4v) is 3.35. The molecule has 2 saturated heterocycles. The number of ether oxygens (including phenoxy) is 1. The lowest BCUT2D eigenvalue weighted by atomic mass is 9.94. The van der Waals surface area contributed by atoms with E-state index in [-0.39, 0.29) is 18.5 Å². The first kappa shape index (κ1) is 17.9. The van der Waals surface area contributed by atoms with Crippen LogP contribution in [-0.2, 0) is 9.53 Å². The summed E-state index contributed by atoms with van der Waals surface area (Å²) in [7, 11) is 0. The van der Waals surface area contributed by atoms with Gasteiger partial charge in [-0.25, -0.2) is 13.6 Å². The SMILES string of the molecule is CC1CCCC(=O)N1[C@H]1CN(C(=O)OC(C)(C)C)CC(F)(F)C1. The number of hydrogen-bond acceptors (Lipinski definition) is 3. The second-order valence-corrected chi connectivity index (χ2v) is 7.62. The number of nitrogens with zero attached hydrogens (tertiary/aromatic N) is 2. The Morgan fingerprint density at radius 2 is 2.00 bits per heavy atom. The lowest BCUT2D eigenvalue weighted by Gasteiger charge is -2.46. The average Bonchev–Trinajstić information content (AvgIpc) is 2.34. The van der Waals surface area contributed by atoms with Gasteiger partial charge in [-0.05, 0) is 40.5 Å². The first-order valence-corrected chi connectivity index (χ1v) is 8.15. The van der Waals surface area contributed by atoms with E-state index in [1.807, 2.05) is 6.92 Å². The van der Waals surface area contributed by atoms with E-state index < -0.39 is 36.6 Å². The minimum absolute atomic E-state index is 0.0735. The Morgan fingerprint density at radius 1 is 1.35 bits per heavy atom. The molecule has 5 nitrogen and oxygen atoms in total. The maximum atomic E-state index is 14.1. The molecule has 0 radical (unpaired) electrons. The molecule has 1 unspecified atom stereocenters. The van der Waals surface area contributed by atoms with E-state index >= 15 is 0 Å². The van der Waals surface area contributed by atoms with Gasteiger partial charge in [-0.2, -0.15) is 0 Å². The van der Waals surface area contributed by atoms with E-state index in [1.54, 1.807) is 25.7 Å². The molecule has 0 spiro atoms. The molecular formula is C16H26F2N2O3. The number of piperidine rings is 2. The van der Waals surface area contributed by atoms with E-state index in [2.05, 4.69) is 0 Å². The molecule has 2 fully saturated rings. The van der Waals surface area contributed by atoms with Crippen molar-refractivity contribution in [1.29, 1.82) is 0 Å². The number of likely N-dealkylation sites (tertiary alicyclic amines) is 2. The smallest absolute Gasteiger partial charge is 0.410 e. The molecule has 0 aromatic carbocycles. The maximum absolute atomic E-state index is 14.1. The van der Waals surface area contributed by atoms with Crippen molar-refractivity contribution in [2.45, 2.75) is 77.0 Å². The Bertz CT molecular complexity index is 476. The summed E-state index contributed by atoms with van der Waals surface area (Å²) in [5.74, 6) is -3.12. The molecule has 0 N–H and O–H groups in total. The zero-order valence-corrected chi connectivity index (χ0v) is 14.3. The van der Waals surface area contributed by atoms with Crippen LogP contribution in [0.1, 0.15) is 53.4 Å². The fourth-order valence-electron chi connectivity index (χ4n) is 3.35. The van der Waals surface area contributed by atoms with Crippen molar-refractivity contribution in [2.24, 2.45) is 0 Å². The Labute approximate surface area is 135 Å². The number of carbonyl (C=O) groups excluding carboxylic acids is 2. The lowest BCUT2D eigenvalue weighted by molar-refractivity contribution is -0.147. The molecule has 2 amide bonds. The van der Waals surface area contributed by atoms with Crippen LogP contribution in [0, 0.1) is 0 Å². The van der Waals surface area contributed by atoms with Crippen molar-refractivity contribution in [3.8, 4) is 0 Å². The Balaban J connectivity index is 2.15. The van der Waals surface area contributed by atoms with Gasteiger partial charge in [0.05, 0.1) is 12.6 Å². The van der Waals surface area contributed by atoms with Crippen molar-refractivity contribution in [2.75, 3.05) is 13.1 Å². The van der Waals surface area contributed by atoms with Crippen LogP contribution in [0.3, 0.4) is 0 Å². The first-order chi connectivity index (χ1) is 10.5. The number of halogens is 2. The normalized spacial score (nSPS) is 28.7. The molecule has 23 heavy (non-hydrogen) atoms. The second kappa shape index (κ2) is 6.24. The summed E-state index contributed by atoms with van der Waals surface area (Å²) >= 11 is 0. The molecule has 0 aliphatic carbocycles. The molecule has 132 valence electrons. The van der Waals surface area contributed by atoms with E-state index in [9.17, 15) is 18.4 Å². The monoisotopic (exact) mass is 332 g/mol. The second-order valence-electron chi connectivity index (χ2n) is 7.62. The quantitative estimate of drug-likeness (QED) is 0.741. The van der Waals surface area contributed by atoms with Gasteiger partial charge in [0.2, 0.25) is 5.91 Å². The van der Waals surface area contributed by atoms with Crippen molar-refractivity contribution < 1.29 is 23.1 Å². The molecule has 2 rings (SSSR count). The summed E-state index contributed by atoms with van der Waals surface area (Å²) in [6, 6.07) is -0.732. The topological polar surface area (TPSA) is 49.9 Å². The molecule has 2 aliphatic heterocycles. The third kappa shape index (κ3) is 4.54. The molecule has 2 heterocycles. The highest BCUT2D eigenvalue weighted by molar-refractivity contribution is 5.78. The van der Waals surface area contributed by atoms with Gasteiger partial charge in [-0.15, -0.1) is 0 Å². The maximum Gasteiger partial charge on any atom is 0.410 e. The summed E-state index contributed by atoms with van der Waals surface area (Å²) in [6.45, 7) is 6.40. The molecule has 0 aromatic heterocycles. The van der Waals surface area contributed by atoms with Gasteiger partial charge in [0.25, 0.3) is 5.92 Å². The van der Waals surface area contributed by atoms with Gasteiger partial charge in [0.15, 0.2) is 0 Å². The van der Waals surface area contributed by atoms with Crippen LogP contribution in [0.2, 0.25) is 0 Å². The average molecular weight is 332 g/mol. The van der Waals surface area contributed by atoms with E-state index in [1.165, 1.54) is 0 Å². The summed E-state index contributed by atoms with van der Waals surface area (Å²) in [5.41, 5.74) is -0.743. The summed E-state index contributed by atoms with van der Waals surface area (Å²) in [5, 5.41) is 0. The molecule has 0 bridgehead atoms. The van der Waals surface area contributed by atoms with Gasteiger partial charge in [-0.1, -0.05) is 0 Å². The predicted octanol–water partition coefficient (Wildman–Crippen LogP) is 3.03. The van der Waals surface area contributed by atoms with Gasteiger partial charge in [0, 0.05) is 25.4 Å². The van der Waals surface area contributed by atoms with Gasteiger partial charge in [-0.3, -0.25) is 4.79 Å². The minimum atomic E-state index is -3.02. The Hall–Kier alpha value is -1.40. The van der Waals surface area contributed by atoms with Crippen LogP contribution in [0.4, 0.5) is 13.6 Å². The number of carbonyl (C=O) groups is 2. The van der Waals surface area contributed by atoms with Crippen LogP contribution in [0.15, 0.2) is 0 Å². The van der Waals surface area contributed by atoms with Crippen molar-refractivity contribution in [3.63, 3.8) is 0 Å². The van der Waals surface area contributed by atoms with Crippen LogP contribution in [0.5, 0.6) is 0 Å². The van der Waals surface area contributed by atoms with Crippen LogP contribution in [-0.4, -0.2) is 58.5 Å². The summed E-state index contributed by atoms with van der Waals surface area (Å²) in [6.07, 6.45) is 0.829. The number of rotatable bonds is 1. The van der Waals surface area contributed by atoms with E-state index in [0.717, 1.165) is 17.7 Å². The van der Waals surface area contributed by atoms with E-state index in [0.29, 0.717) is 6.42 Å². The van der Waals surface area contributed by atoms with Crippen LogP contribution < -0.4 is 0 Å². The Kier molecular flexibility index (Phi) is 4.87. The fraction of sp³-hybridized carbons (Fsp3) is 0.875. The number of hydrogen-bond donors (Lipinski definition) is 0. The summed E-state index contributed by atoms with van der Waals surface area (Å²) < 4.78 is 33.4. The molecule has 2 aliphatic rings. The van der Waals surface area contributed by atoms with Crippen molar-refractivity contribution in [1.82, 2.24) is 9.80 Å². The van der Waals surface area contributed by atoms with Crippen LogP contribution >= 0.6 is 0 Å². The third-order valence-corrected chi connectivity index (χ3v) is 4.21.